The number of hydrogen-bond donors (Lipinski definition) is 1. The highest BCUT2D eigenvalue weighted by Crippen LogP contribution is 2.29. The number of carbonyl (C=O) groups is 1. The molecule has 7 nitrogen and oxygen atoms in total. The summed E-state index contributed by atoms with van der Waals surface area (Å²) in [4.78, 5) is 22.4. The minimum absolute atomic E-state index is 0.00762. The van der Waals surface area contributed by atoms with Gasteiger partial charge in [-0.2, -0.15) is 0 Å². The van der Waals surface area contributed by atoms with Crippen LogP contribution in [-0.4, -0.2) is 36.5 Å². The lowest BCUT2D eigenvalue weighted by atomic mass is 10.1. The number of nitro benzene ring substituents is 1. The van der Waals surface area contributed by atoms with E-state index in [1.54, 1.807) is 42.5 Å². The average Bonchev–Trinajstić information content (AvgIpc) is 2.64. The van der Waals surface area contributed by atoms with Gasteiger partial charge in [-0.15, -0.1) is 0 Å². The number of halogens is 1. The van der Waals surface area contributed by atoms with Gasteiger partial charge < -0.3 is 9.84 Å². The van der Waals surface area contributed by atoms with Crippen LogP contribution in [0.2, 0.25) is 0 Å². The molecule has 0 radical (unpaired) electrons. The summed E-state index contributed by atoms with van der Waals surface area (Å²) in [5.74, 6) is 0.00762. The first-order chi connectivity index (χ1) is 12.4. The van der Waals surface area contributed by atoms with Gasteiger partial charge in [0.25, 0.3) is 0 Å². The van der Waals surface area contributed by atoms with Crippen LogP contribution in [-0.2, 0) is 0 Å². The van der Waals surface area contributed by atoms with E-state index in [1.165, 1.54) is 19.2 Å². The predicted molar refractivity (Wildman–Crippen MR) is 96.4 cm³/mol. The third-order valence-electron chi connectivity index (χ3n) is 3.55. The van der Waals surface area contributed by atoms with Crippen molar-refractivity contribution >= 4 is 29.6 Å². The number of carboxylic acid groups (broad SMARTS) is 1. The number of anilines is 1. The molecular weight excluding hydrogens is 343 g/mol. The number of nitrogens with zero attached hydrogens (tertiary/aromatic N) is 2. The van der Waals surface area contributed by atoms with Crippen LogP contribution in [0.3, 0.4) is 0 Å². The first kappa shape index (κ1) is 18.9. The molecule has 0 heterocycles. The summed E-state index contributed by atoms with van der Waals surface area (Å²) in [7, 11) is 1.45. The van der Waals surface area contributed by atoms with E-state index in [-0.39, 0.29) is 18.0 Å². The molecule has 0 aromatic heterocycles. The van der Waals surface area contributed by atoms with Crippen LogP contribution in [0.5, 0.6) is 5.75 Å². The third-order valence-corrected chi connectivity index (χ3v) is 3.55. The van der Waals surface area contributed by atoms with E-state index in [0.717, 1.165) is 10.5 Å². The summed E-state index contributed by atoms with van der Waals surface area (Å²) in [5.41, 5.74) is 1.77. The van der Waals surface area contributed by atoms with E-state index >= 15 is 0 Å². The molecule has 0 atom stereocenters. The second kappa shape index (κ2) is 8.61. The maximum absolute atomic E-state index is 12.3. The summed E-state index contributed by atoms with van der Waals surface area (Å²) >= 11 is 0. The molecule has 0 saturated heterocycles. The van der Waals surface area contributed by atoms with Gasteiger partial charge in [-0.1, -0.05) is 24.3 Å². The molecule has 0 bridgehead atoms. The fourth-order valence-electron chi connectivity index (χ4n) is 2.16. The van der Waals surface area contributed by atoms with Gasteiger partial charge in [-0.05, 0) is 35.4 Å². The minimum atomic E-state index is -1.06. The van der Waals surface area contributed by atoms with Crippen molar-refractivity contribution in [3.8, 4) is 5.75 Å². The number of nitro groups is 1. The van der Waals surface area contributed by atoms with Crippen LogP contribution in [0, 0.1) is 10.1 Å². The van der Waals surface area contributed by atoms with E-state index in [1.807, 2.05) is 0 Å². The fraction of sp³-hybridized carbons (Fsp3) is 0.167. The van der Waals surface area contributed by atoms with Gasteiger partial charge in [-0.3, -0.25) is 15.0 Å². The Bertz CT molecular complexity index is 821. The van der Waals surface area contributed by atoms with Crippen LogP contribution >= 0.6 is 0 Å². The smallest absolute Gasteiger partial charge is 0.411 e. The number of ether oxygens (including phenoxy) is 1. The molecule has 26 heavy (non-hydrogen) atoms. The van der Waals surface area contributed by atoms with Gasteiger partial charge in [0.05, 0.1) is 4.92 Å². The quantitative estimate of drug-likeness (QED) is 0.453. The molecule has 0 spiro atoms. The highest BCUT2D eigenvalue weighted by atomic mass is 19.1. The molecular formula is C18H17FN2O5. The normalized spacial score (nSPS) is 10.7. The minimum Gasteiger partial charge on any atom is -0.484 e. The van der Waals surface area contributed by atoms with Crippen LogP contribution < -0.4 is 9.64 Å². The Morgan fingerprint density at radius 2 is 1.85 bits per heavy atom. The number of rotatable bonds is 7. The van der Waals surface area contributed by atoms with E-state index in [9.17, 15) is 19.3 Å². The van der Waals surface area contributed by atoms with Crippen molar-refractivity contribution in [3.63, 3.8) is 0 Å². The highest BCUT2D eigenvalue weighted by molar-refractivity contribution is 5.85. The van der Waals surface area contributed by atoms with Crippen molar-refractivity contribution in [1.29, 1.82) is 0 Å². The zero-order valence-corrected chi connectivity index (χ0v) is 14.0. The van der Waals surface area contributed by atoms with E-state index in [2.05, 4.69) is 0 Å². The second-order valence-electron chi connectivity index (χ2n) is 5.29. The van der Waals surface area contributed by atoms with Gasteiger partial charge in [-0.25, -0.2) is 9.18 Å². The van der Waals surface area contributed by atoms with Gasteiger partial charge >= 0.3 is 11.8 Å². The van der Waals surface area contributed by atoms with Crippen molar-refractivity contribution in [2.75, 3.05) is 25.2 Å². The standard InChI is InChI=1S/C18H17FN2O5/c1-20(18(22)23)15-7-4-13(5-8-15)2-3-14-6-9-16(21(24)25)17(12-14)26-11-10-19/h2-9,12H,10-11H2,1H3,(H,22,23)/b3-2+. The van der Waals surface area contributed by atoms with E-state index < -0.39 is 17.7 Å². The van der Waals surface area contributed by atoms with E-state index in [4.69, 9.17) is 9.84 Å². The largest absolute Gasteiger partial charge is 0.484 e. The Hall–Kier alpha value is -3.42. The van der Waals surface area contributed by atoms with Gasteiger partial charge in [0.2, 0.25) is 0 Å². The first-order valence-corrected chi connectivity index (χ1v) is 7.64. The summed E-state index contributed by atoms with van der Waals surface area (Å²) in [5, 5.41) is 19.9. The molecule has 136 valence electrons. The number of alkyl halides is 1. The van der Waals surface area contributed by atoms with Crippen molar-refractivity contribution in [2.45, 2.75) is 0 Å². The lowest BCUT2D eigenvalue weighted by Gasteiger charge is -2.12. The maximum atomic E-state index is 12.3. The Balaban J connectivity index is 2.19. The molecule has 0 unspecified atom stereocenters. The fourth-order valence-corrected chi connectivity index (χ4v) is 2.16. The number of hydrogen-bond acceptors (Lipinski definition) is 4. The van der Waals surface area contributed by atoms with Crippen molar-refractivity contribution in [1.82, 2.24) is 0 Å². The predicted octanol–water partition coefficient (Wildman–Crippen LogP) is 4.23. The first-order valence-electron chi connectivity index (χ1n) is 7.64. The monoisotopic (exact) mass is 360 g/mol. The molecule has 0 aliphatic rings. The van der Waals surface area contributed by atoms with Crippen LogP contribution in [0.25, 0.3) is 12.2 Å². The third kappa shape index (κ3) is 4.79. The number of benzene rings is 2. The van der Waals surface area contributed by atoms with Crippen molar-refractivity contribution < 1.29 is 24.0 Å². The molecule has 1 amide bonds. The summed E-state index contributed by atoms with van der Waals surface area (Å²) in [6.07, 6.45) is 2.44. The summed E-state index contributed by atoms with van der Waals surface area (Å²) in [6.45, 7) is -0.999. The Kier molecular flexibility index (Phi) is 6.26. The molecule has 1 N–H and O–H groups in total. The Morgan fingerprint density at radius 3 is 2.42 bits per heavy atom. The zero-order chi connectivity index (χ0) is 19.1. The van der Waals surface area contributed by atoms with Gasteiger partial charge in [0, 0.05) is 18.8 Å². The zero-order valence-electron chi connectivity index (χ0n) is 14.0. The lowest BCUT2D eigenvalue weighted by Crippen LogP contribution is -2.23. The second-order valence-corrected chi connectivity index (χ2v) is 5.29. The number of amides is 1. The van der Waals surface area contributed by atoms with E-state index in [0.29, 0.717) is 11.3 Å². The SMILES string of the molecule is CN(C(=O)O)c1ccc(/C=C/c2ccc([N+](=O)[O-])c(OCCF)c2)cc1. The molecule has 0 aliphatic heterocycles. The molecule has 0 saturated carbocycles. The van der Waals surface area contributed by atoms with Crippen LogP contribution in [0.15, 0.2) is 42.5 Å². The molecule has 2 aromatic rings. The molecule has 2 aromatic carbocycles. The van der Waals surface area contributed by atoms with Gasteiger partial charge in [0.15, 0.2) is 5.75 Å². The highest BCUT2D eigenvalue weighted by Gasteiger charge is 2.15. The lowest BCUT2D eigenvalue weighted by molar-refractivity contribution is -0.385. The summed E-state index contributed by atoms with van der Waals surface area (Å²) in [6, 6.07) is 11.2. The van der Waals surface area contributed by atoms with Gasteiger partial charge in [0.1, 0.15) is 13.3 Å². The Labute approximate surface area is 149 Å². The van der Waals surface area contributed by atoms with Crippen molar-refractivity contribution in [3.05, 3.63) is 63.7 Å². The molecule has 0 fully saturated rings. The summed E-state index contributed by atoms with van der Waals surface area (Å²) < 4.78 is 17.4. The topological polar surface area (TPSA) is 92.9 Å². The molecule has 8 heteroatoms. The maximum Gasteiger partial charge on any atom is 0.411 e. The average molecular weight is 360 g/mol. The van der Waals surface area contributed by atoms with Crippen LogP contribution in [0.1, 0.15) is 11.1 Å². The molecule has 2 rings (SSSR count). The van der Waals surface area contributed by atoms with Crippen molar-refractivity contribution in [2.24, 2.45) is 0 Å². The van der Waals surface area contributed by atoms with Crippen LogP contribution in [0.4, 0.5) is 20.6 Å². The molecule has 0 aliphatic carbocycles. The Morgan fingerprint density at radius 1 is 1.23 bits per heavy atom.